The van der Waals surface area contributed by atoms with Gasteiger partial charge in [0.2, 0.25) is 0 Å². The van der Waals surface area contributed by atoms with Crippen LogP contribution < -0.4 is 5.32 Å². The van der Waals surface area contributed by atoms with E-state index in [1.54, 1.807) is 17.3 Å². The zero-order chi connectivity index (χ0) is 21.7. The van der Waals surface area contributed by atoms with E-state index in [1.807, 2.05) is 18.2 Å². The molecule has 0 unspecified atom stereocenters. The molecule has 2 atom stereocenters. The quantitative estimate of drug-likeness (QED) is 0.674. The summed E-state index contributed by atoms with van der Waals surface area (Å²) >= 11 is 6.42. The van der Waals surface area contributed by atoms with E-state index < -0.39 is 30.1 Å². The number of methoxy groups -OCH3 is 2. The van der Waals surface area contributed by atoms with Gasteiger partial charge in [0.15, 0.2) is 0 Å². The Morgan fingerprint density at radius 2 is 2.07 bits per heavy atom. The van der Waals surface area contributed by atoms with Crippen molar-refractivity contribution < 1.29 is 23.9 Å². The molecule has 3 rings (SSSR count). The second kappa shape index (κ2) is 9.62. The number of aromatic amines is 1. The normalized spacial score (nSPS) is 16.4. The highest BCUT2D eigenvalue weighted by molar-refractivity contribution is 6.31. The molecule has 1 aliphatic heterocycles. The number of nitrogens with one attached hydrogen (secondary N) is 2. The summed E-state index contributed by atoms with van der Waals surface area (Å²) in [5.74, 6) is -1.12. The number of halogens is 1. The monoisotopic (exact) mass is 434 g/mol. The fourth-order valence-corrected chi connectivity index (χ4v) is 3.73. The van der Waals surface area contributed by atoms with Crippen molar-refractivity contribution in [1.82, 2.24) is 20.2 Å². The summed E-state index contributed by atoms with van der Waals surface area (Å²) in [6, 6.07) is 5.25. The minimum atomic E-state index is -0.992. The van der Waals surface area contributed by atoms with Gasteiger partial charge in [0.05, 0.1) is 26.2 Å². The van der Waals surface area contributed by atoms with E-state index in [0.717, 1.165) is 11.3 Å². The molecule has 30 heavy (non-hydrogen) atoms. The summed E-state index contributed by atoms with van der Waals surface area (Å²) in [6.45, 7) is 0.391. The van der Waals surface area contributed by atoms with Crippen LogP contribution in [0.1, 0.15) is 35.8 Å². The van der Waals surface area contributed by atoms with Crippen LogP contribution in [0.4, 0.5) is 4.79 Å². The summed E-state index contributed by atoms with van der Waals surface area (Å²) < 4.78 is 9.39. The van der Waals surface area contributed by atoms with Crippen LogP contribution in [0.25, 0.3) is 0 Å². The Bertz CT molecular complexity index is 931. The van der Waals surface area contributed by atoms with Crippen molar-refractivity contribution >= 4 is 29.6 Å². The maximum Gasteiger partial charge on any atom is 0.328 e. The second-order valence-electron chi connectivity index (χ2n) is 6.77. The maximum atomic E-state index is 13.2. The number of ether oxygens (including phenoxy) is 2. The Labute approximate surface area is 178 Å². The van der Waals surface area contributed by atoms with Crippen molar-refractivity contribution in [2.45, 2.75) is 31.3 Å². The van der Waals surface area contributed by atoms with E-state index in [1.165, 1.54) is 14.2 Å². The van der Waals surface area contributed by atoms with Crippen LogP contribution in [-0.4, -0.2) is 59.6 Å². The lowest BCUT2D eigenvalue weighted by molar-refractivity contribution is -0.144. The lowest BCUT2D eigenvalue weighted by atomic mass is 9.96. The third-order valence-electron chi connectivity index (χ3n) is 5.03. The Balaban J connectivity index is 1.86. The number of carbonyl (C=O) groups is 3. The second-order valence-corrected chi connectivity index (χ2v) is 7.18. The largest absolute Gasteiger partial charge is 0.469 e. The number of esters is 2. The predicted molar refractivity (Wildman–Crippen MR) is 108 cm³/mol. The van der Waals surface area contributed by atoms with Gasteiger partial charge in [-0.2, -0.15) is 0 Å². The minimum absolute atomic E-state index is 0.0337. The molecular formula is C20H23ClN4O5. The third kappa shape index (κ3) is 4.56. The van der Waals surface area contributed by atoms with E-state index >= 15 is 0 Å². The molecule has 0 bridgehead atoms. The van der Waals surface area contributed by atoms with Crippen LogP contribution >= 0.6 is 11.6 Å². The number of hydrogen-bond donors (Lipinski definition) is 2. The average Bonchev–Trinajstić information content (AvgIpc) is 3.24. The molecule has 2 N–H and O–H groups in total. The first kappa shape index (κ1) is 21.6. The summed E-state index contributed by atoms with van der Waals surface area (Å²) in [5, 5.41) is 3.19. The van der Waals surface area contributed by atoms with Gasteiger partial charge in [-0.3, -0.25) is 4.79 Å². The van der Waals surface area contributed by atoms with Crippen molar-refractivity contribution in [3.05, 3.63) is 52.6 Å². The van der Waals surface area contributed by atoms with Gasteiger partial charge < -0.3 is 24.7 Å². The smallest absolute Gasteiger partial charge is 0.328 e. The Kier molecular flexibility index (Phi) is 6.94. The number of amides is 2. The molecule has 0 spiro atoms. The number of carbonyl (C=O) groups excluding carboxylic acids is 3. The Morgan fingerprint density at radius 3 is 2.77 bits per heavy atom. The number of aromatic nitrogens is 2. The van der Waals surface area contributed by atoms with Crippen LogP contribution in [-0.2, 0) is 25.5 Å². The molecule has 160 valence electrons. The van der Waals surface area contributed by atoms with E-state index in [2.05, 4.69) is 20.0 Å². The fraction of sp³-hybridized carbons (Fsp3) is 0.400. The van der Waals surface area contributed by atoms with Gasteiger partial charge in [0.25, 0.3) is 0 Å². The van der Waals surface area contributed by atoms with Crippen LogP contribution in [0.5, 0.6) is 0 Å². The Hall–Kier alpha value is -3.07. The average molecular weight is 435 g/mol. The van der Waals surface area contributed by atoms with Gasteiger partial charge in [0, 0.05) is 30.1 Å². The van der Waals surface area contributed by atoms with Crippen molar-refractivity contribution in [1.29, 1.82) is 0 Å². The highest BCUT2D eigenvalue weighted by Crippen LogP contribution is 2.36. The lowest BCUT2D eigenvalue weighted by Gasteiger charge is -2.36. The number of urea groups is 1. The van der Waals surface area contributed by atoms with Crippen molar-refractivity contribution in [2.24, 2.45) is 0 Å². The first-order chi connectivity index (χ1) is 14.5. The molecule has 0 aliphatic carbocycles. The molecule has 1 aliphatic rings. The van der Waals surface area contributed by atoms with Gasteiger partial charge >= 0.3 is 18.0 Å². The van der Waals surface area contributed by atoms with E-state index in [9.17, 15) is 14.4 Å². The molecule has 1 aromatic carbocycles. The summed E-state index contributed by atoms with van der Waals surface area (Å²) in [5.41, 5.74) is 2.36. The third-order valence-corrected chi connectivity index (χ3v) is 5.38. The van der Waals surface area contributed by atoms with Crippen LogP contribution in [0.2, 0.25) is 5.02 Å². The van der Waals surface area contributed by atoms with Crippen molar-refractivity contribution in [3.8, 4) is 0 Å². The van der Waals surface area contributed by atoms with Gasteiger partial charge in [0.1, 0.15) is 12.1 Å². The molecular weight excluding hydrogens is 412 g/mol. The zero-order valence-corrected chi connectivity index (χ0v) is 17.4. The van der Waals surface area contributed by atoms with Gasteiger partial charge in [-0.1, -0.05) is 29.8 Å². The number of fused-ring (bicyclic) bond motifs is 1. The molecule has 1 aromatic heterocycles. The van der Waals surface area contributed by atoms with Crippen LogP contribution in [0.15, 0.2) is 30.6 Å². The number of nitrogens with zero attached hydrogens (tertiary/aromatic N) is 2. The highest BCUT2D eigenvalue weighted by atomic mass is 35.5. The highest BCUT2D eigenvalue weighted by Gasteiger charge is 2.36. The van der Waals surface area contributed by atoms with E-state index in [4.69, 9.17) is 16.3 Å². The SMILES string of the molecule is COC(=O)CC[C@H](NC(=O)N1CCc2[nH]cnc2[C@H]1c1ccccc1Cl)C(=O)OC. The van der Waals surface area contributed by atoms with Gasteiger partial charge in [-0.15, -0.1) is 0 Å². The molecule has 2 heterocycles. The van der Waals surface area contributed by atoms with E-state index in [-0.39, 0.29) is 12.8 Å². The molecule has 9 nitrogen and oxygen atoms in total. The summed E-state index contributed by atoms with van der Waals surface area (Å²) in [7, 11) is 2.49. The Morgan fingerprint density at radius 1 is 1.30 bits per heavy atom. The summed E-state index contributed by atoms with van der Waals surface area (Å²) in [6.07, 6.45) is 2.19. The van der Waals surface area contributed by atoms with Crippen LogP contribution in [0, 0.1) is 0 Å². The van der Waals surface area contributed by atoms with Crippen molar-refractivity contribution in [3.63, 3.8) is 0 Å². The molecule has 2 aromatic rings. The molecule has 0 saturated heterocycles. The molecule has 0 saturated carbocycles. The molecule has 10 heteroatoms. The topological polar surface area (TPSA) is 114 Å². The van der Waals surface area contributed by atoms with Gasteiger partial charge in [-0.05, 0) is 18.1 Å². The standard InChI is InChI=1S/C20H23ClN4O5/c1-29-16(26)8-7-15(19(27)30-2)24-20(28)25-10-9-14-17(23-11-22-14)18(25)12-5-3-4-6-13(12)21/h3-6,11,15,18H,7-10H2,1-2H3,(H,22,23)(H,24,28)/t15-,18+/m0/s1. The fourth-order valence-electron chi connectivity index (χ4n) is 3.49. The number of H-pyrrole nitrogens is 1. The number of hydrogen-bond acceptors (Lipinski definition) is 6. The number of rotatable bonds is 6. The molecule has 0 radical (unpaired) electrons. The molecule has 2 amide bonds. The number of benzene rings is 1. The first-order valence-corrected chi connectivity index (χ1v) is 9.82. The predicted octanol–water partition coefficient (Wildman–Crippen LogP) is 2.21. The lowest BCUT2D eigenvalue weighted by Crippen LogP contribution is -2.51. The molecule has 0 fully saturated rings. The first-order valence-electron chi connectivity index (χ1n) is 9.44. The van der Waals surface area contributed by atoms with Crippen LogP contribution in [0.3, 0.4) is 0 Å². The van der Waals surface area contributed by atoms with Crippen molar-refractivity contribution in [2.75, 3.05) is 20.8 Å². The zero-order valence-electron chi connectivity index (χ0n) is 16.7. The van der Waals surface area contributed by atoms with Gasteiger partial charge in [-0.25, -0.2) is 14.6 Å². The number of imidazole rings is 1. The minimum Gasteiger partial charge on any atom is -0.469 e. The summed E-state index contributed by atoms with van der Waals surface area (Å²) in [4.78, 5) is 45.9. The maximum absolute atomic E-state index is 13.2. The van der Waals surface area contributed by atoms with E-state index in [0.29, 0.717) is 23.7 Å².